The van der Waals surface area contributed by atoms with Crippen LogP contribution in [-0.4, -0.2) is 67.6 Å². The van der Waals surface area contributed by atoms with Crippen LogP contribution in [-0.2, 0) is 22.4 Å². The molecule has 1 unspecified atom stereocenters. The Balaban J connectivity index is 1.51. The number of ether oxygens (including phenoxy) is 3. The zero-order valence-electron chi connectivity index (χ0n) is 23.1. The van der Waals surface area contributed by atoms with Crippen LogP contribution in [0.5, 0.6) is 11.5 Å². The van der Waals surface area contributed by atoms with Gasteiger partial charge in [-0.25, -0.2) is 9.59 Å². The number of carboxylic acids is 1. The van der Waals surface area contributed by atoms with Crippen molar-refractivity contribution in [2.45, 2.75) is 32.3 Å². The van der Waals surface area contributed by atoms with E-state index in [2.05, 4.69) is 5.32 Å². The van der Waals surface area contributed by atoms with Gasteiger partial charge in [-0.15, -0.1) is 0 Å². The second-order valence-corrected chi connectivity index (χ2v) is 10.1. The highest BCUT2D eigenvalue weighted by Crippen LogP contribution is 2.24. The van der Waals surface area contributed by atoms with E-state index in [1.807, 2.05) is 42.5 Å². The number of carbonyl (C=O) groups is 2. The summed E-state index contributed by atoms with van der Waals surface area (Å²) in [5, 5.41) is 13.3. The van der Waals surface area contributed by atoms with Crippen LogP contribution in [0.2, 0.25) is 10.0 Å². The number of nitrogens with one attached hydrogen (secondary N) is 1. The third kappa shape index (κ3) is 11.9. The van der Waals surface area contributed by atoms with E-state index in [0.717, 1.165) is 17.5 Å². The van der Waals surface area contributed by atoms with E-state index < -0.39 is 12.1 Å². The van der Waals surface area contributed by atoms with Gasteiger partial charge in [0.2, 0.25) is 0 Å². The Labute approximate surface area is 251 Å². The first kappa shape index (κ1) is 32.1. The number of nitrogens with zero attached hydrogens (tertiary/aromatic N) is 1. The molecule has 0 radical (unpaired) electrons. The molecule has 0 spiro atoms. The van der Waals surface area contributed by atoms with Crippen molar-refractivity contribution in [2.75, 3.05) is 39.5 Å². The quantitative estimate of drug-likeness (QED) is 0.180. The molecule has 1 atom stereocenters. The third-order valence-electron chi connectivity index (χ3n) is 6.11. The normalized spacial score (nSPS) is 11.5. The van der Waals surface area contributed by atoms with E-state index in [1.54, 1.807) is 42.2 Å². The first-order chi connectivity index (χ1) is 19.8. The predicted molar refractivity (Wildman–Crippen MR) is 160 cm³/mol. The molecule has 10 heteroatoms. The fourth-order valence-corrected chi connectivity index (χ4v) is 4.58. The summed E-state index contributed by atoms with van der Waals surface area (Å²) >= 11 is 12.1. The van der Waals surface area contributed by atoms with Gasteiger partial charge < -0.3 is 29.5 Å². The topological polar surface area (TPSA) is 97.3 Å². The SMILES string of the molecule is CCOC(Cc1ccc(OCCN(CCCOc2cc(Cl)cc(Cl)c2)C(=O)NCCc2ccccc2)cc1)C(=O)O. The second-order valence-electron chi connectivity index (χ2n) is 9.24. The molecule has 0 fully saturated rings. The van der Waals surface area contributed by atoms with Crippen molar-refractivity contribution < 1.29 is 28.9 Å². The summed E-state index contributed by atoms with van der Waals surface area (Å²) in [5.41, 5.74) is 1.98. The Morgan fingerprint density at radius 3 is 2.22 bits per heavy atom. The standard InChI is InChI=1S/C31H36Cl2N2O6/c1-2-39-29(30(36)37)19-24-9-11-27(12-10-24)41-18-16-35(31(38)34-14-13-23-7-4-3-5-8-23)15-6-17-40-28-21-25(32)20-26(33)22-28/h3-5,7-12,20-22,29H,2,6,13-19H2,1H3,(H,34,38)(H,36,37). The van der Waals surface area contributed by atoms with Gasteiger partial charge in [0.15, 0.2) is 6.10 Å². The van der Waals surface area contributed by atoms with Gasteiger partial charge in [-0.2, -0.15) is 0 Å². The molecule has 0 aliphatic heterocycles. The number of halogens is 2. The monoisotopic (exact) mass is 602 g/mol. The van der Waals surface area contributed by atoms with E-state index in [-0.39, 0.29) is 19.1 Å². The maximum Gasteiger partial charge on any atom is 0.333 e. The average Bonchev–Trinajstić information content (AvgIpc) is 2.95. The van der Waals surface area contributed by atoms with E-state index in [4.69, 9.17) is 37.4 Å². The van der Waals surface area contributed by atoms with Crippen molar-refractivity contribution in [3.8, 4) is 11.5 Å². The molecule has 0 aliphatic rings. The molecular weight excluding hydrogens is 567 g/mol. The minimum Gasteiger partial charge on any atom is -0.493 e. The molecule has 3 aromatic rings. The molecule has 220 valence electrons. The molecule has 2 N–H and O–H groups in total. The summed E-state index contributed by atoms with van der Waals surface area (Å²) in [6.45, 7) is 4.10. The lowest BCUT2D eigenvalue weighted by Gasteiger charge is -2.23. The molecule has 0 heterocycles. The number of amides is 2. The third-order valence-corrected chi connectivity index (χ3v) is 6.55. The van der Waals surface area contributed by atoms with Crippen LogP contribution in [0.4, 0.5) is 4.79 Å². The smallest absolute Gasteiger partial charge is 0.333 e. The Morgan fingerprint density at radius 2 is 1.56 bits per heavy atom. The van der Waals surface area contributed by atoms with Crippen molar-refractivity contribution in [1.82, 2.24) is 10.2 Å². The van der Waals surface area contributed by atoms with Crippen LogP contribution < -0.4 is 14.8 Å². The van der Waals surface area contributed by atoms with Gasteiger partial charge in [-0.05, 0) is 61.2 Å². The molecule has 0 saturated heterocycles. The largest absolute Gasteiger partial charge is 0.493 e. The maximum absolute atomic E-state index is 13.0. The van der Waals surface area contributed by atoms with Crippen LogP contribution in [0.3, 0.4) is 0 Å². The van der Waals surface area contributed by atoms with Crippen LogP contribution in [0.1, 0.15) is 24.5 Å². The second kappa shape index (κ2) is 17.4. The Hall–Kier alpha value is -3.46. The highest BCUT2D eigenvalue weighted by atomic mass is 35.5. The molecule has 0 aromatic heterocycles. The molecule has 41 heavy (non-hydrogen) atoms. The van der Waals surface area contributed by atoms with Gasteiger partial charge in [0.1, 0.15) is 18.1 Å². The average molecular weight is 604 g/mol. The summed E-state index contributed by atoms with van der Waals surface area (Å²) in [6, 6.07) is 22.0. The van der Waals surface area contributed by atoms with Crippen molar-refractivity contribution in [3.05, 3.63) is 94.0 Å². The minimum absolute atomic E-state index is 0.179. The fourth-order valence-electron chi connectivity index (χ4n) is 4.07. The first-order valence-corrected chi connectivity index (χ1v) is 14.3. The zero-order chi connectivity index (χ0) is 29.5. The molecule has 3 aromatic carbocycles. The summed E-state index contributed by atoms with van der Waals surface area (Å²) in [7, 11) is 0. The van der Waals surface area contributed by atoms with Crippen molar-refractivity contribution in [3.63, 3.8) is 0 Å². The molecule has 0 saturated carbocycles. The lowest BCUT2D eigenvalue weighted by Crippen LogP contribution is -2.43. The molecule has 2 amide bonds. The van der Waals surface area contributed by atoms with Gasteiger partial charge in [0, 0.05) is 36.2 Å². The van der Waals surface area contributed by atoms with Crippen LogP contribution in [0.25, 0.3) is 0 Å². The minimum atomic E-state index is -0.990. The highest BCUT2D eigenvalue weighted by molar-refractivity contribution is 6.34. The van der Waals surface area contributed by atoms with Gasteiger partial charge >= 0.3 is 12.0 Å². The van der Waals surface area contributed by atoms with Crippen molar-refractivity contribution >= 4 is 35.2 Å². The Bertz CT molecular complexity index is 1210. The number of rotatable bonds is 17. The van der Waals surface area contributed by atoms with Crippen LogP contribution in [0, 0.1) is 0 Å². The molecule has 0 bridgehead atoms. The lowest BCUT2D eigenvalue weighted by atomic mass is 10.1. The highest BCUT2D eigenvalue weighted by Gasteiger charge is 2.18. The summed E-state index contributed by atoms with van der Waals surface area (Å²) < 4.78 is 16.9. The van der Waals surface area contributed by atoms with Gasteiger partial charge in [0.05, 0.1) is 13.2 Å². The Morgan fingerprint density at radius 1 is 0.878 bits per heavy atom. The van der Waals surface area contributed by atoms with Gasteiger partial charge in [0.25, 0.3) is 0 Å². The summed E-state index contributed by atoms with van der Waals surface area (Å²) in [4.78, 5) is 26.1. The van der Waals surface area contributed by atoms with Crippen molar-refractivity contribution in [2.24, 2.45) is 0 Å². The number of urea groups is 1. The van der Waals surface area contributed by atoms with E-state index in [1.165, 1.54) is 0 Å². The first-order valence-electron chi connectivity index (χ1n) is 13.6. The number of hydrogen-bond acceptors (Lipinski definition) is 5. The molecule has 3 rings (SSSR count). The van der Waals surface area contributed by atoms with Crippen LogP contribution in [0.15, 0.2) is 72.8 Å². The van der Waals surface area contributed by atoms with Gasteiger partial charge in [-0.3, -0.25) is 0 Å². The number of aliphatic carboxylic acids is 1. The lowest BCUT2D eigenvalue weighted by molar-refractivity contribution is -0.149. The van der Waals surface area contributed by atoms with E-state index in [9.17, 15) is 14.7 Å². The number of carboxylic acid groups (broad SMARTS) is 1. The fraction of sp³-hybridized carbons (Fsp3) is 0.355. The van der Waals surface area contributed by atoms with Crippen molar-refractivity contribution in [1.29, 1.82) is 0 Å². The molecule has 8 nitrogen and oxygen atoms in total. The number of hydrogen-bond donors (Lipinski definition) is 2. The molecular formula is C31H36Cl2N2O6. The van der Waals surface area contributed by atoms with E-state index in [0.29, 0.717) is 60.8 Å². The zero-order valence-corrected chi connectivity index (χ0v) is 24.6. The summed E-state index contributed by atoms with van der Waals surface area (Å²) in [6.07, 6.45) is 0.702. The predicted octanol–water partition coefficient (Wildman–Crippen LogP) is 6.13. The summed E-state index contributed by atoms with van der Waals surface area (Å²) in [5.74, 6) is 0.211. The van der Waals surface area contributed by atoms with Gasteiger partial charge in [-0.1, -0.05) is 65.7 Å². The number of benzene rings is 3. The van der Waals surface area contributed by atoms with E-state index >= 15 is 0 Å². The Kier molecular flexibility index (Phi) is 13.6. The van der Waals surface area contributed by atoms with Crippen LogP contribution >= 0.6 is 23.2 Å². The number of carbonyl (C=O) groups excluding carboxylic acids is 1. The molecule has 0 aliphatic carbocycles. The maximum atomic E-state index is 13.0.